The summed E-state index contributed by atoms with van der Waals surface area (Å²) in [5, 5.41) is 7.80. The fourth-order valence-corrected chi connectivity index (χ4v) is 1.20. The number of aromatic nitrogens is 3. The van der Waals surface area contributed by atoms with Gasteiger partial charge in [-0.15, -0.1) is 5.10 Å². The van der Waals surface area contributed by atoms with E-state index in [0.717, 1.165) is 25.1 Å². The van der Waals surface area contributed by atoms with Crippen LogP contribution in [0.15, 0.2) is 0 Å². The molecule has 68 valence electrons. The van der Waals surface area contributed by atoms with E-state index in [9.17, 15) is 0 Å². The average Bonchev–Trinajstić information content (AvgIpc) is 2.43. The van der Waals surface area contributed by atoms with E-state index >= 15 is 0 Å². The number of anilines is 1. The molecule has 0 fully saturated rings. The molecule has 1 aromatic rings. The van der Waals surface area contributed by atoms with Crippen LogP contribution in [0.4, 0.5) is 5.82 Å². The molecule has 0 aromatic carbocycles. The zero-order valence-electron chi connectivity index (χ0n) is 7.75. The lowest BCUT2D eigenvalue weighted by molar-refractivity contribution is 0.535. The molecule has 0 aliphatic rings. The lowest BCUT2D eigenvalue weighted by Gasteiger charge is -2.02. The van der Waals surface area contributed by atoms with Crippen molar-refractivity contribution < 1.29 is 0 Å². The Morgan fingerprint density at radius 1 is 1.42 bits per heavy atom. The minimum absolute atomic E-state index is 0.577. The molecule has 1 rings (SSSR count). The number of nitrogens with zero attached hydrogens (tertiary/aromatic N) is 3. The molecular formula is C8H16N4. The van der Waals surface area contributed by atoms with Gasteiger partial charge in [0.1, 0.15) is 0 Å². The third kappa shape index (κ3) is 1.75. The van der Waals surface area contributed by atoms with Gasteiger partial charge in [0.05, 0.1) is 5.69 Å². The van der Waals surface area contributed by atoms with Crippen molar-refractivity contribution in [2.24, 2.45) is 0 Å². The Bertz CT molecular complexity index is 241. The Balaban J connectivity index is 2.70. The maximum atomic E-state index is 5.63. The number of hydrogen-bond donors (Lipinski definition) is 1. The first-order valence-electron chi connectivity index (χ1n) is 4.47. The minimum atomic E-state index is 0.577. The third-order valence-electron chi connectivity index (χ3n) is 1.93. The summed E-state index contributed by atoms with van der Waals surface area (Å²) in [5.74, 6) is 0.577. The van der Waals surface area contributed by atoms with Gasteiger partial charge in [0.15, 0.2) is 5.82 Å². The molecule has 0 bridgehead atoms. The first-order chi connectivity index (χ1) is 5.79. The van der Waals surface area contributed by atoms with Gasteiger partial charge in [-0.3, -0.25) is 0 Å². The van der Waals surface area contributed by atoms with Crippen LogP contribution in [0, 0.1) is 0 Å². The second-order valence-electron chi connectivity index (χ2n) is 2.85. The fraction of sp³-hybridized carbons (Fsp3) is 0.750. The van der Waals surface area contributed by atoms with Gasteiger partial charge >= 0.3 is 0 Å². The number of hydrogen-bond acceptors (Lipinski definition) is 3. The average molecular weight is 168 g/mol. The molecule has 0 aliphatic carbocycles. The topological polar surface area (TPSA) is 56.7 Å². The van der Waals surface area contributed by atoms with Crippen LogP contribution < -0.4 is 5.73 Å². The molecule has 0 radical (unpaired) electrons. The summed E-state index contributed by atoms with van der Waals surface area (Å²) in [5.41, 5.74) is 6.69. The second kappa shape index (κ2) is 4.09. The van der Waals surface area contributed by atoms with Crippen LogP contribution >= 0.6 is 0 Å². The largest absolute Gasteiger partial charge is 0.381 e. The minimum Gasteiger partial charge on any atom is -0.381 e. The Morgan fingerprint density at radius 2 is 2.17 bits per heavy atom. The van der Waals surface area contributed by atoms with Gasteiger partial charge in [-0.2, -0.15) is 0 Å². The molecule has 1 aromatic heterocycles. The highest BCUT2D eigenvalue weighted by Gasteiger charge is 2.05. The van der Waals surface area contributed by atoms with Crippen LogP contribution in [0.2, 0.25) is 0 Å². The maximum Gasteiger partial charge on any atom is 0.169 e. The van der Waals surface area contributed by atoms with E-state index < -0.39 is 0 Å². The molecule has 0 amide bonds. The summed E-state index contributed by atoms with van der Waals surface area (Å²) in [6, 6.07) is 0. The smallest absolute Gasteiger partial charge is 0.169 e. The summed E-state index contributed by atoms with van der Waals surface area (Å²) in [6.07, 6.45) is 3.21. The van der Waals surface area contributed by atoms with E-state index in [0.29, 0.717) is 5.82 Å². The van der Waals surface area contributed by atoms with Crippen molar-refractivity contribution in [3.63, 3.8) is 0 Å². The predicted octanol–water partition coefficient (Wildman–Crippen LogP) is 1.22. The quantitative estimate of drug-likeness (QED) is 0.735. The van der Waals surface area contributed by atoms with Crippen LogP contribution in [0.5, 0.6) is 0 Å². The van der Waals surface area contributed by atoms with Crippen molar-refractivity contribution in [3.8, 4) is 0 Å². The normalized spacial score (nSPS) is 10.5. The molecule has 0 atom stereocenters. The summed E-state index contributed by atoms with van der Waals surface area (Å²) in [6.45, 7) is 5.16. The third-order valence-corrected chi connectivity index (χ3v) is 1.93. The molecule has 0 spiro atoms. The van der Waals surface area contributed by atoms with Crippen molar-refractivity contribution in [2.45, 2.75) is 39.7 Å². The van der Waals surface area contributed by atoms with Crippen molar-refractivity contribution in [3.05, 3.63) is 5.69 Å². The predicted molar refractivity (Wildman–Crippen MR) is 48.7 cm³/mol. The molecule has 0 unspecified atom stereocenters. The van der Waals surface area contributed by atoms with Crippen LogP contribution in [0.3, 0.4) is 0 Å². The monoisotopic (exact) mass is 168 g/mol. The molecule has 0 aliphatic heterocycles. The number of rotatable bonds is 4. The number of aryl methyl sites for hydroxylation is 1. The molecule has 2 N–H and O–H groups in total. The van der Waals surface area contributed by atoms with Crippen LogP contribution in [0.25, 0.3) is 0 Å². The molecule has 4 heteroatoms. The number of nitrogens with two attached hydrogens (primary N) is 1. The Labute approximate surface area is 72.8 Å². The van der Waals surface area contributed by atoms with Crippen LogP contribution in [-0.4, -0.2) is 15.0 Å². The molecule has 12 heavy (non-hydrogen) atoms. The standard InChI is InChI=1S/C8H16N4/c1-3-5-6-12-7(4-2)8(9)10-11-12/h3-6,9H2,1-2H3. The van der Waals surface area contributed by atoms with Crippen molar-refractivity contribution >= 4 is 5.82 Å². The van der Waals surface area contributed by atoms with E-state index in [2.05, 4.69) is 24.2 Å². The van der Waals surface area contributed by atoms with E-state index in [4.69, 9.17) is 5.73 Å². The number of nitrogen functional groups attached to an aromatic ring is 1. The second-order valence-corrected chi connectivity index (χ2v) is 2.85. The van der Waals surface area contributed by atoms with E-state index in [1.165, 1.54) is 6.42 Å². The summed E-state index contributed by atoms with van der Waals surface area (Å²) >= 11 is 0. The highest BCUT2D eigenvalue weighted by Crippen LogP contribution is 2.08. The van der Waals surface area contributed by atoms with E-state index in [1.807, 2.05) is 4.68 Å². The molecule has 1 heterocycles. The lowest BCUT2D eigenvalue weighted by Crippen LogP contribution is -2.05. The SMILES string of the molecule is CCCCn1nnc(N)c1CC. The van der Waals surface area contributed by atoms with Crippen LogP contribution in [0.1, 0.15) is 32.4 Å². The first-order valence-corrected chi connectivity index (χ1v) is 4.47. The highest BCUT2D eigenvalue weighted by atomic mass is 15.4. The summed E-state index contributed by atoms with van der Waals surface area (Å²) in [7, 11) is 0. The van der Waals surface area contributed by atoms with E-state index in [1.54, 1.807) is 0 Å². The number of unbranched alkanes of at least 4 members (excludes halogenated alkanes) is 1. The van der Waals surface area contributed by atoms with Gasteiger partial charge in [-0.1, -0.05) is 25.5 Å². The van der Waals surface area contributed by atoms with Gasteiger partial charge in [0.2, 0.25) is 0 Å². The van der Waals surface area contributed by atoms with Crippen molar-refractivity contribution in [1.82, 2.24) is 15.0 Å². The van der Waals surface area contributed by atoms with Crippen LogP contribution in [-0.2, 0) is 13.0 Å². The molecule has 0 saturated carbocycles. The fourth-order valence-electron chi connectivity index (χ4n) is 1.20. The van der Waals surface area contributed by atoms with Crippen molar-refractivity contribution in [1.29, 1.82) is 0 Å². The highest BCUT2D eigenvalue weighted by molar-refractivity contribution is 5.32. The zero-order chi connectivity index (χ0) is 8.97. The Hall–Kier alpha value is -1.06. The molecule has 4 nitrogen and oxygen atoms in total. The Morgan fingerprint density at radius 3 is 2.75 bits per heavy atom. The lowest BCUT2D eigenvalue weighted by atomic mass is 10.3. The van der Waals surface area contributed by atoms with Gasteiger partial charge in [-0.05, 0) is 12.8 Å². The van der Waals surface area contributed by atoms with Gasteiger partial charge in [0, 0.05) is 6.54 Å². The van der Waals surface area contributed by atoms with Gasteiger partial charge in [-0.25, -0.2) is 4.68 Å². The molecule has 0 saturated heterocycles. The van der Waals surface area contributed by atoms with E-state index in [-0.39, 0.29) is 0 Å². The summed E-state index contributed by atoms with van der Waals surface area (Å²) in [4.78, 5) is 0. The Kier molecular flexibility index (Phi) is 3.08. The summed E-state index contributed by atoms with van der Waals surface area (Å²) < 4.78 is 1.90. The van der Waals surface area contributed by atoms with Crippen molar-refractivity contribution in [2.75, 3.05) is 5.73 Å². The molecular weight excluding hydrogens is 152 g/mol. The maximum absolute atomic E-state index is 5.63. The van der Waals surface area contributed by atoms with Gasteiger partial charge < -0.3 is 5.73 Å². The zero-order valence-corrected chi connectivity index (χ0v) is 7.75. The van der Waals surface area contributed by atoms with Gasteiger partial charge in [0.25, 0.3) is 0 Å². The first kappa shape index (κ1) is 9.03.